The molecule has 0 aromatic carbocycles. The first-order valence-electron chi connectivity index (χ1n) is 9.49. The van der Waals surface area contributed by atoms with E-state index in [2.05, 4.69) is 33.1 Å². The smallest absolute Gasteiger partial charge is 0.226 e. The van der Waals surface area contributed by atoms with E-state index in [9.17, 15) is 4.79 Å². The van der Waals surface area contributed by atoms with E-state index in [0.717, 1.165) is 6.42 Å². The van der Waals surface area contributed by atoms with Gasteiger partial charge in [-0.25, -0.2) is 9.97 Å². The number of carbonyl (C=O) groups is 1. The molecular weight excluding hydrogens is 310 g/mol. The van der Waals surface area contributed by atoms with Gasteiger partial charge >= 0.3 is 0 Å². The van der Waals surface area contributed by atoms with Crippen molar-refractivity contribution in [3.8, 4) is 0 Å². The molecule has 3 heterocycles. The molecule has 1 spiro atoms. The lowest BCUT2D eigenvalue weighted by atomic mass is 9.62. The Labute approximate surface area is 148 Å². The Morgan fingerprint density at radius 1 is 1.04 bits per heavy atom. The highest BCUT2D eigenvalue weighted by atomic mass is 16.1. The fourth-order valence-corrected chi connectivity index (χ4v) is 5.47. The van der Waals surface area contributed by atoms with Crippen LogP contribution in [0.3, 0.4) is 0 Å². The summed E-state index contributed by atoms with van der Waals surface area (Å²) in [5.74, 6) is 0.862. The minimum Gasteiger partial charge on any atom is -0.319 e. The van der Waals surface area contributed by atoms with Crippen molar-refractivity contribution in [3.05, 3.63) is 53.9 Å². The first-order chi connectivity index (χ1) is 12.3. The van der Waals surface area contributed by atoms with Crippen LogP contribution in [0.4, 0.5) is 5.95 Å². The molecule has 25 heavy (non-hydrogen) atoms. The maximum atomic E-state index is 12.8. The van der Waals surface area contributed by atoms with Crippen LogP contribution in [0.1, 0.15) is 44.9 Å². The van der Waals surface area contributed by atoms with Crippen LogP contribution in [0.15, 0.2) is 53.9 Å². The molecule has 1 aromatic heterocycles. The zero-order chi connectivity index (χ0) is 16.9. The number of allylic oxidation sites excluding steroid dienone is 2. The normalized spacial score (nSPS) is 29.9. The zero-order valence-electron chi connectivity index (χ0n) is 14.4. The van der Waals surface area contributed by atoms with Crippen LogP contribution in [0.5, 0.6) is 0 Å². The summed E-state index contributed by atoms with van der Waals surface area (Å²) >= 11 is 0. The number of nitrogens with zero attached hydrogens (tertiary/aromatic N) is 3. The van der Waals surface area contributed by atoms with Gasteiger partial charge < -0.3 is 4.90 Å². The second-order valence-corrected chi connectivity index (χ2v) is 7.68. The minimum absolute atomic E-state index is 0.103. The molecule has 0 unspecified atom stereocenters. The van der Waals surface area contributed by atoms with Gasteiger partial charge in [0.2, 0.25) is 5.95 Å². The van der Waals surface area contributed by atoms with Gasteiger partial charge in [0, 0.05) is 17.8 Å². The van der Waals surface area contributed by atoms with Gasteiger partial charge in [0.25, 0.3) is 0 Å². The number of hydrogen-bond acceptors (Lipinski definition) is 4. The molecule has 2 aliphatic heterocycles. The molecule has 5 rings (SSSR count). The molecule has 4 nitrogen and oxygen atoms in total. The maximum Gasteiger partial charge on any atom is 0.226 e. The molecular formula is C21H23N3O. The van der Waals surface area contributed by atoms with Gasteiger partial charge in [0.1, 0.15) is 6.04 Å². The third-order valence-electron chi connectivity index (χ3n) is 6.47. The van der Waals surface area contributed by atoms with E-state index in [0.29, 0.717) is 5.95 Å². The van der Waals surface area contributed by atoms with Crippen LogP contribution in [-0.4, -0.2) is 27.8 Å². The number of carbonyl (C=O) groups excluding carboxylic acids is 1. The lowest BCUT2D eigenvalue weighted by Crippen LogP contribution is -2.61. The molecule has 2 bridgehead atoms. The molecule has 0 amide bonds. The van der Waals surface area contributed by atoms with Gasteiger partial charge in [-0.2, -0.15) is 0 Å². The highest BCUT2D eigenvalue weighted by Gasteiger charge is 2.54. The Hall–Kier alpha value is -2.23. The molecule has 0 saturated heterocycles. The van der Waals surface area contributed by atoms with Crippen molar-refractivity contribution in [3.63, 3.8) is 0 Å². The van der Waals surface area contributed by atoms with E-state index in [-0.39, 0.29) is 23.3 Å². The number of fused-ring (bicyclic) bond motifs is 5. The van der Waals surface area contributed by atoms with Crippen molar-refractivity contribution in [2.75, 3.05) is 4.90 Å². The average molecular weight is 333 g/mol. The summed E-state index contributed by atoms with van der Waals surface area (Å²) in [4.78, 5) is 24.1. The Bertz CT molecular complexity index is 785. The Balaban J connectivity index is 1.72. The van der Waals surface area contributed by atoms with E-state index in [1.54, 1.807) is 12.4 Å². The van der Waals surface area contributed by atoms with Crippen LogP contribution in [0.25, 0.3) is 0 Å². The van der Waals surface area contributed by atoms with Gasteiger partial charge in [-0.3, -0.25) is 4.79 Å². The Kier molecular flexibility index (Phi) is 3.40. The third-order valence-corrected chi connectivity index (χ3v) is 6.47. The van der Waals surface area contributed by atoms with E-state index in [4.69, 9.17) is 0 Å². The van der Waals surface area contributed by atoms with Crippen LogP contribution in [0, 0.1) is 5.41 Å². The summed E-state index contributed by atoms with van der Waals surface area (Å²) in [6.45, 7) is 0. The second-order valence-electron chi connectivity index (χ2n) is 7.68. The number of aromatic nitrogens is 2. The van der Waals surface area contributed by atoms with Crippen LogP contribution in [0.2, 0.25) is 0 Å². The van der Waals surface area contributed by atoms with Crippen LogP contribution >= 0.6 is 0 Å². The van der Waals surface area contributed by atoms with Crippen molar-refractivity contribution in [1.82, 2.24) is 9.97 Å². The first kappa shape index (κ1) is 15.1. The topological polar surface area (TPSA) is 46.1 Å². The van der Waals surface area contributed by atoms with E-state index in [1.807, 2.05) is 12.1 Å². The summed E-state index contributed by atoms with van der Waals surface area (Å²) in [7, 11) is 0. The van der Waals surface area contributed by atoms with Crippen molar-refractivity contribution in [2.24, 2.45) is 5.41 Å². The molecule has 1 aromatic rings. The standard InChI is InChI=1S/C21H23N3O/c25-17-9-10-18-21(11-3-1-2-4-12-21)16-8-5-7-15(16)19(17)24(18)20-22-13-6-14-23-20/h5-6,8-10,13-14,18-19H,1-4,7,11-12H2/t18-,19-/m1/s1. The van der Waals surface area contributed by atoms with Gasteiger partial charge in [-0.1, -0.05) is 43.9 Å². The van der Waals surface area contributed by atoms with Crippen LogP contribution in [-0.2, 0) is 4.79 Å². The second kappa shape index (κ2) is 5.65. The SMILES string of the molecule is O=C1C=C[C@H]2N(c3ncccn3)[C@@H]1C1=C(C=CC1)C21CCCCCC1. The molecule has 4 heteroatoms. The molecule has 4 aliphatic rings. The number of anilines is 1. The summed E-state index contributed by atoms with van der Waals surface area (Å²) < 4.78 is 0. The largest absolute Gasteiger partial charge is 0.319 e. The Morgan fingerprint density at radius 2 is 1.80 bits per heavy atom. The average Bonchev–Trinajstić information content (AvgIpc) is 3.01. The maximum absolute atomic E-state index is 12.8. The van der Waals surface area contributed by atoms with Gasteiger partial charge in [0.15, 0.2) is 5.78 Å². The fraction of sp³-hybridized carbons (Fsp3) is 0.476. The first-order valence-corrected chi connectivity index (χ1v) is 9.49. The number of rotatable bonds is 1. The highest BCUT2D eigenvalue weighted by Crippen LogP contribution is 2.55. The molecule has 1 fully saturated rings. The predicted molar refractivity (Wildman–Crippen MR) is 97.2 cm³/mol. The molecule has 2 atom stereocenters. The quantitative estimate of drug-likeness (QED) is 0.785. The predicted octanol–water partition coefficient (Wildman–Crippen LogP) is 3.77. The molecule has 2 aliphatic carbocycles. The summed E-state index contributed by atoms with van der Waals surface area (Å²) in [5.41, 5.74) is 2.85. The lowest BCUT2D eigenvalue weighted by Gasteiger charge is -2.54. The van der Waals surface area contributed by atoms with Gasteiger partial charge in [-0.05, 0) is 42.6 Å². The van der Waals surface area contributed by atoms with E-state index in [1.165, 1.54) is 49.7 Å². The van der Waals surface area contributed by atoms with Crippen molar-refractivity contribution >= 4 is 11.7 Å². The summed E-state index contributed by atoms with van der Waals surface area (Å²) in [6.07, 6.45) is 20.5. The molecule has 1 saturated carbocycles. The van der Waals surface area contributed by atoms with Crippen molar-refractivity contribution in [1.29, 1.82) is 0 Å². The van der Waals surface area contributed by atoms with Crippen LogP contribution < -0.4 is 4.90 Å². The Morgan fingerprint density at radius 3 is 2.56 bits per heavy atom. The van der Waals surface area contributed by atoms with Gasteiger partial charge in [-0.15, -0.1) is 0 Å². The summed E-state index contributed by atoms with van der Waals surface area (Å²) in [5, 5.41) is 0. The van der Waals surface area contributed by atoms with Crippen molar-refractivity contribution in [2.45, 2.75) is 57.0 Å². The third kappa shape index (κ3) is 2.09. The lowest BCUT2D eigenvalue weighted by molar-refractivity contribution is -0.116. The molecule has 0 radical (unpaired) electrons. The number of ketones is 1. The summed E-state index contributed by atoms with van der Waals surface area (Å²) in [6, 6.07) is 1.79. The minimum atomic E-state index is -0.226. The van der Waals surface area contributed by atoms with Gasteiger partial charge in [0.05, 0.1) is 6.04 Å². The molecule has 0 N–H and O–H groups in total. The van der Waals surface area contributed by atoms with Crippen molar-refractivity contribution < 1.29 is 4.79 Å². The molecule has 128 valence electrons. The fourth-order valence-electron chi connectivity index (χ4n) is 5.47. The number of hydrogen-bond donors (Lipinski definition) is 0. The zero-order valence-corrected chi connectivity index (χ0v) is 14.4. The van der Waals surface area contributed by atoms with E-state index >= 15 is 0 Å². The highest BCUT2D eigenvalue weighted by molar-refractivity contribution is 6.01. The van der Waals surface area contributed by atoms with E-state index < -0.39 is 0 Å². The monoisotopic (exact) mass is 333 g/mol.